The summed E-state index contributed by atoms with van der Waals surface area (Å²) in [6.45, 7) is 0.106. The summed E-state index contributed by atoms with van der Waals surface area (Å²) in [7, 11) is -10.4. The summed E-state index contributed by atoms with van der Waals surface area (Å²) in [5, 5.41) is 13.0. The molecule has 0 saturated carbocycles. The maximum atomic E-state index is 10.3. The van der Waals surface area contributed by atoms with Crippen LogP contribution in [-0.2, 0) is 13.9 Å². The third-order valence-electron chi connectivity index (χ3n) is 1.28. The van der Waals surface area contributed by atoms with E-state index < -0.39 is 26.2 Å². The first-order chi connectivity index (χ1) is 6.77. The van der Waals surface area contributed by atoms with Gasteiger partial charge in [-0.05, 0) is 6.92 Å². The lowest BCUT2D eigenvalue weighted by molar-refractivity contribution is -0.135. The Balaban J connectivity index is 0. The van der Waals surface area contributed by atoms with E-state index in [2.05, 4.69) is 5.73 Å². The lowest BCUT2D eigenvalue weighted by Crippen LogP contribution is -2.23. The number of nitrogens with two attached hydrogens (primary N) is 1. The molecule has 98 valence electrons. The van der Waals surface area contributed by atoms with Gasteiger partial charge < -0.3 is 35.5 Å². The van der Waals surface area contributed by atoms with Crippen molar-refractivity contribution in [3.05, 3.63) is 0 Å². The highest BCUT2D eigenvalue weighted by atomic mass is 31.2. The van der Waals surface area contributed by atoms with Crippen LogP contribution in [0.25, 0.3) is 0 Å². The largest absolute Gasteiger partial charge is 0.480 e. The maximum absolute atomic E-state index is 10.3. The van der Waals surface area contributed by atoms with Crippen LogP contribution in [0.15, 0.2) is 0 Å². The fourth-order valence-corrected chi connectivity index (χ4v) is 1.53. The Hall–Kier alpha value is -0.310. The molecule has 10 nitrogen and oxygen atoms in total. The molecule has 0 unspecified atom stereocenters. The average Bonchev–Trinajstić information content (AvgIpc) is 2.01. The normalized spacial score (nSPS) is 12.7. The van der Waals surface area contributed by atoms with E-state index in [-0.39, 0.29) is 6.54 Å². The Morgan fingerprint density at radius 2 is 1.38 bits per heavy atom. The number of carboxylic acid groups (broad SMARTS) is 1. The molecule has 0 saturated heterocycles. The van der Waals surface area contributed by atoms with Gasteiger partial charge in [-0.15, -0.1) is 0 Å². The summed E-state index contributed by atoms with van der Waals surface area (Å²) in [6, 6.07) is 0. The number of carboxylic acids is 1. The van der Waals surface area contributed by atoms with Crippen LogP contribution in [0.3, 0.4) is 0 Å². The molecule has 0 aliphatic heterocycles. The standard InChI is InChI=1S/C2H5NO2.C2H8O7P2/c3-1-2(4)5;1-2(3,10(4,5)6)11(7,8)9/h1,3H2,(H,4,5);3H,1H3,(H2,4,5,6)(H2,7,8,9). The number of carbonyl (C=O) groups is 1. The van der Waals surface area contributed by atoms with Gasteiger partial charge in [0.25, 0.3) is 5.08 Å². The zero-order chi connectivity index (χ0) is 13.8. The second-order valence-electron chi connectivity index (χ2n) is 2.66. The van der Waals surface area contributed by atoms with E-state index in [1.807, 2.05) is 0 Å². The van der Waals surface area contributed by atoms with Gasteiger partial charge >= 0.3 is 21.2 Å². The van der Waals surface area contributed by atoms with E-state index in [1.165, 1.54) is 0 Å². The fourth-order valence-electron chi connectivity index (χ4n) is 0.170. The van der Waals surface area contributed by atoms with Crippen molar-refractivity contribution < 1.29 is 43.7 Å². The Kier molecular flexibility index (Phi) is 6.61. The Morgan fingerprint density at radius 1 is 1.19 bits per heavy atom. The molecule has 0 aliphatic carbocycles. The molecule has 0 bridgehead atoms. The van der Waals surface area contributed by atoms with Crippen LogP contribution in [0.1, 0.15) is 6.92 Å². The van der Waals surface area contributed by atoms with Gasteiger partial charge in [0.2, 0.25) is 0 Å². The predicted octanol–water partition coefficient (Wildman–Crippen LogP) is -1.96. The molecule has 0 spiro atoms. The predicted molar refractivity (Wildman–Crippen MR) is 51.4 cm³/mol. The molecule has 0 heterocycles. The van der Waals surface area contributed by atoms with Crippen LogP contribution < -0.4 is 5.73 Å². The topological polar surface area (TPSA) is 199 Å². The first kappa shape index (κ1) is 18.1. The third-order valence-corrected chi connectivity index (χ3v) is 5.05. The van der Waals surface area contributed by atoms with Crippen LogP contribution in [0.4, 0.5) is 0 Å². The van der Waals surface area contributed by atoms with Crippen LogP contribution in [-0.4, -0.2) is 47.4 Å². The molecule has 0 atom stereocenters. The van der Waals surface area contributed by atoms with Gasteiger partial charge in [0, 0.05) is 0 Å². The number of aliphatic carboxylic acids is 1. The highest BCUT2D eigenvalue weighted by Crippen LogP contribution is 2.66. The molecule has 0 amide bonds. The van der Waals surface area contributed by atoms with E-state index in [0.717, 1.165) is 0 Å². The van der Waals surface area contributed by atoms with Crippen molar-refractivity contribution in [3.8, 4) is 0 Å². The van der Waals surface area contributed by atoms with Crippen molar-refractivity contribution >= 4 is 21.2 Å². The molecular weight excluding hydrogens is 268 g/mol. The highest BCUT2D eigenvalue weighted by Gasteiger charge is 2.55. The molecular formula is C4H13NO9P2. The van der Waals surface area contributed by atoms with Crippen LogP contribution in [0, 0.1) is 0 Å². The van der Waals surface area contributed by atoms with Crippen molar-refractivity contribution in [2.75, 3.05) is 6.54 Å². The van der Waals surface area contributed by atoms with Gasteiger partial charge in [0.05, 0.1) is 6.54 Å². The molecule has 0 rings (SSSR count). The third kappa shape index (κ3) is 5.69. The van der Waals surface area contributed by atoms with Gasteiger partial charge in [0.15, 0.2) is 0 Å². The van der Waals surface area contributed by atoms with E-state index in [1.54, 1.807) is 0 Å². The summed E-state index contributed by atoms with van der Waals surface area (Å²) < 4.78 is 20.5. The van der Waals surface area contributed by atoms with Crippen molar-refractivity contribution in [1.29, 1.82) is 0 Å². The van der Waals surface area contributed by atoms with E-state index in [9.17, 15) is 13.9 Å². The maximum Gasteiger partial charge on any atom is 0.369 e. The van der Waals surface area contributed by atoms with Crippen molar-refractivity contribution in [2.24, 2.45) is 5.73 Å². The second-order valence-corrected chi connectivity index (χ2v) is 6.93. The zero-order valence-corrected chi connectivity index (χ0v) is 9.88. The lowest BCUT2D eigenvalue weighted by Gasteiger charge is -2.24. The molecule has 0 fully saturated rings. The Labute approximate surface area is 90.0 Å². The van der Waals surface area contributed by atoms with E-state index in [4.69, 9.17) is 29.8 Å². The van der Waals surface area contributed by atoms with Gasteiger partial charge in [-0.2, -0.15) is 0 Å². The number of hydrogen-bond acceptors (Lipinski definition) is 5. The molecule has 0 aliphatic rings. The zero-order valence-electron chi connectivity index (χ0n) is 8.09. The summed E-state index contributed by atoms with van der Waals surface area (Å²) >= 11 is 0. The Morgan fingerprint density at radius 3 is 1.38 bits per heavy atom. The molecule has 12 heteroatoms. The van der Waals surface area contributed by atoms with Gasteiger partial charge in [0.1, 0.15) is 0 Å². The molecule has 0 aromatic rings. The SMILES string of the molecule is CC(O)(P(=O)(O)O)P(=O)(O)O.NCC(=O)O. The fraction of sp³-hybridized carbons (Fsp3) is 0.750. The van der Waals surface area contributed by atoms with Crippen LogP contribution >= 0.6 is 15.2 Å². The van der Waals surface area contributed by atoms with Crippen molar-refractivity contribution in [3.63, 3.8) is 0 Å². The van der Waals surface area contributed by atoms with E-state index in [0.29, 0.717) is 6.92 Å². The summed E-state index contributed by atoms with van der Waals surface area (Å²) in [5.74, 6) is -0.968. The molecule has 0 aromatic heterocycles. The summed E-state index contributed by atoms with van der Waals surface area (Å²) in [4.78, 5) is 42.2. The second kappa shape index (κ2) is 5.85. The molecule has 0 radical (unpaired) electrons. The van der Waals surface area contributed by atoms with Gasteiger partial charge in [-0.25, -0.2) is 0 Å². The molecule has 0 aromatic carbocycles. The summed E-state index contributed by atoms with van der Waals surface area (Å²) in [5.41, 5.74) is 4.57. The quantitative estimate of drug-likeness (QED) is 0.285. The number of aliphatic hydroxyl groups is 1. The minimum Gasteiger partial charge on any atom is -0.480 e. The monoisotopic (exact) mass is 281 g/mol. The minimum absolute atomic E-state index is 0.278. The number of hydrogen-bond donors (Lipinski definition) is 7. The average molecular weight is 281 g/mol. The van der Waals surface area contributed by atoms with Crippen molar-refractivity contribution in [2.45, 2.75) is 12.0 Å². The number of rotatable bonds is 3. The van der Waals surface area contributed by atoms with Gasteiger partial charge in [-0.1, -0.05) is 0 Å². The Bertz CT molecular complexity index is 302. The first-order valence-electron chi connectivity index (χ1n) is 3.53. The summed E-state index contributed by atoms with van der Waals surface area (Å²) in [6.07, 6.45) is 0. The smallest absolute Gasteiger partial charge is 0.369 e. The minimum atomic E-state index is -5.20. The van der Waals surface area contributed by atoms with Gasteiger partial charge in [-0.3, -0.25) is 13.9 Å². The van der Waals surface area contributed by atoms with E-state index >= 15 is 0 Å². The van der Waals surface area contributed by atoms with Crippen LogP contribution in [0.2, 0.25) is 0 Å². The molecule has 16 heavy (non-hydrogen) atoms. The lowest BCUT2D eigenvalue weighted by atomic mass is 10.7. The van der Waals surface area contributed by atoms with Crippen molar-refractivity contribution in [1.82, 2.24) is 0 Å². The first-order valence-corrected chi connectivity index (χ1v) is 6.75. The highest BCUT2D eigenvalue weighted by molar-refractivity contribution is 7.71. The molecule has 8 N–H and O–H groups in total. The van der Waals surface area contributed by atoms with Crippen LogP contribution in [0.5, 0.6) is 0 Å².